The first-order valence-corrected chi connectivity index (χ1v) is 10.4. The summed E-state index contributed by atoms with van der Waals surface area (Å²) in [4.78, 5) is 11.3. The van der Waals surface area contributed by atoms with Crippen LogP contribution < -0.4 is 9.47 Å². The van der Waals surface area contributed by atoms with Gasteiger partial charge in [0, 0.05) is 12.3 Å². The van der Waals surface area contributed by atoms with Crippen LogP contribution in [0, 0.1) is 5.92 Å². The number of hydrogen-bond donors (Lipinski definition) is 0. The Hall–Kier alpha value is -2.29. The number of ether oxygens (including phenoxy) is 2. The van der Waals surface area contributed by atoms with E-state index in [4.69, 9.17) is 9.47 Å². The van der Waals surface area contributed by atoms with Gasteiger partial charge in [-0.05, 0) is 54.2 Å². The lowest BCUT2D eigenvalue weighted by Gasteiger charge is -2.37. The number of methoxy groups -OCH3 is 1. The highest BCUT2D eigenvalue weighted by Gasteiger charge is 2.34. The van der Waals surface area contributed by atoms with Crippen molar-refractivity contribution < 1.29 is 14.3 Å². The van der Waals surface area contributed by atoms with Crippen molar-refractivity contribution in [1.29, 1.82) is 0 Å². The zero-order valence-corrected chi connectivity index (χ0v) is 18.0. The van der Waals surface area contributed by atoms with Gasteiger partial charge in [-0.2, -0.15) is 0 Å². The molecule has 0 N–H and O–H groups in total. The molecule has 2 aromatic rings. The average molecular weight is 383 g/mol. The highest BCUT2D eigenvalue weighted by atomic mass is 16.5. The Bertz CT molecular complexity index is 733. The first-order chi connectivity index (χ1) is 13.5. The molecule has 0 saturated heterocycles. The fourth-order valence-electron chi connectivity index (χ4n) is 4.22. The molecule has 152 valence electrons. The van der Waals surface area contributed by atoms with Crippen molar-refractivity contribution in [1.82, 2.24) is 0 Å². The van der Waals surface area contributed by atoms with Crippen LogP contribution in [0.25, 0.3) is 0 Å². The van der Waals surface area contributed by atoms with Crippen molar-refractivity contribution in [3.05, 3.63) is 59.7 Å². The van der Waals surface area contributed by atoms with Crippen LogP contribution in [0.3, 0.4) is 0 Å². The third-order valence-electron chi connectivity index (χ3n) is 5.83. The molecule has 0 aliphatic carbocycles. The molecule has 3 nitrogen and oxygen atoms in total. The van der Waals surface area contributed by atoms with E-state index in [1.165, 1.54) is 37.3 Å². The van der Waals surface area contributed by atoms with Gasteiger partial charge >= 0.3 is 5.97 Å². The Morgan fingerprint density at radius 2 is 1.46 bits per heavy atom. The molecular weight excluding hydrogens is 348 g/mol. The molecule has 0 bridgehead atoms. The van der Waals surface area contributed by atoms with E-state index in [1.54, 1.807) is 7.11 Å². The first kappa shape index (κ1) is 22.0. The van der Waals surface area contributed by atoms with E-state index in [-0.39, 0.29) is 11.4 Å². The van der Waals surface area contributed by atoms with Gasteiger partial charge in [-0.25, -0.2) is 0 Å². The summed E-state index contributed by atoms with van der Waals surface area (Å²) >= 11 is 0. The van der Waals surface area contributed by atoms with Crippen LogP contribution in [0.15, 0.2) is 48.5 Å². The normalized spacial score (nSPS) is 14.2. The number of esters is 1. The van der Waals surface area contributed by atoms with Gasteiger partial charge in [-0.1, -0.05) is 64.3 Å². The minimum absolute atomic E-state index is 0.0725. The number of carbonyl (C=O) groups excluding carboxylic acids is 1. The lowest BCUT2D eigenvalue weighted by Crippen LogP contribution is -2.30. The summed E-state index contributed by atoms with van der Waals surface area (Å²) in [6, 6.07) is 16.5. The van der Waals surface area contributed by atoms with E-state index in [0.29, 0.717) is 11.7 Å². The van der Waals surface area contributed by atoms with Gasteiger partial charge in [0.15, 0.2) is 0 Å². The van der Waals surface area contributed by atoms with E-state index in [2.05, 4.69) is 45.0 Å². The second-order valence-electron chi connectivity index (χ2n) is 7.55. The summed E-state index contributed by atoms with van der Waals surface area (Å²) in [5.74, 6) is 1.84. The summed E-state index contributed by atoms with van der Waals surface area (Å²) in [5, 5.41) is 0. The molecule has 0 radical (unpaired) electrons. The zero-order valence-electron chi connectivity index (χ0n) is 18.0. The van der Waals surface area contributed by atoms with Gasteiger partial charge in [0.25, 0.3) is 0 Å². The SMILES string of the molecule is CCCC(CC)CC(CC)(c1ccc(OC)cc1)c1ccc(OC(C)=O)cc1. The van der Waals surface area contributed by atoms with Crippen molar-refractivity contribution >= 4 is 5.97 Å². The third-order valence-corrected chi connectivity index (χ3v) is 5.83. The molecule has 2 unspecified atom stereocenters. The van der Waals surface area contributed by atoms with Crippen molar-refractivity contribution in [3.63, 3.8) is 0 Å². The highest BCUT2D eigenvalue weighted by molar-refractivity contribution is 5.69. The fourth-order valence-corrected chi connectivity index (χ4v) is 4.22. The lowest BCUT2D eigenvalue weighted by molar-refractivity contribution is -0.131. The summed E-state index contributed by atoms with van der Waals surface area (Å²) in [6.07, 6.45) is 5.73. The van der Waals surface area contributed by atoms with Crippen LogP contribution in [-0.2, 0) is 10.2 Å². The molecule has 0 spiro atoms. The van der Waals surface area contributed by atoms with Gasteiger partial charge in [0.2, 0.25) is 0 Å². The number of carbonyl (C=O) groups is 1. The highest BCUT2D eigenvalue weighted by Crippen LogP contribution is 2.43. The van der Waals surface area contributed by atoms with Crippen LogP contribution in [-0.4, -0.2) is 13.1 Å². The molecule has 0 fully saturated rings. The molecule has 0 aliphatic rings. The summed E-state index contributed by atoms with van der Waals surface area (Å²) in [7, 11) is 1.70. The molecule has 2 rings (SSSR count). The topological polar surface area (TPSA) is 35.5 Å². The molecule has 0 amide bonds. The molecule has 0 aliphatic heterocycles. The fraction of sp³-hybridized carbons (Fsp3) is 0.480. The maximum atomic E-state index is 11.3. The van der Waals surface area contributed by atoms with Gasteiger partial charge in [0.1, 0.15) is 11.5 Å². The largest absolute Gasteiger partial charge is 0.497 e. The minimum atomic E-state index is -0.293. The average Bonchev–Trinajstić information content (AvgIpc) is 2.71. The Labute approximate surface area is 170 Å². The Morgan fingerprint density at radius 1 is 0.929 bits per heavy atom. The van der Waals surface area contributed by atoms with Gasteiger partial charge in [-0.15, -0.1) is 0 Å². The molecule has 2 aromatic carbocycles. The predicted octanol–water partition coefficient (Wildman–Crippen LogP) is 6.53. The van der Waals surface area contributed by atoms with Crippen molar-refractivity contribution in [2.75, 3.05) is 7.11 Å². The minimum Gasteiger partial charge on any atom is -0.497 e. The number of hydrogen-bond acceptors (Lipinski definition) is 3. The van der Waals surface area contributed by atoms with E-state index in [9.17, 15) is 4.79 Å². The second-order valence-corrected chi connectivity index (χ2v) is 7.55. The molecule has 2 atom stereocenters. The first-order valence-electron chi connectivity index (χ1n) is 10.4. The van der Waals surface area contributed by atoms with Crippen LogP contribution >= 0.6 is 0 Å². The molecule has 0 heterocycles. The number of rotatable bonds is 10. The Morgan fingerprint density at radius 3 is 1.86 bits per heavy atom. The Balaban J connectivity index is 2.50. The van der Waals surface area contributed by atoms with Gasteiger partial charge in [-0.3, -0.25) is 4.79 Å². The summed E-state index contributed by atoms with van der Waals surface area (Å²) < 4.78 is 10.6. The molecule has 3 heteroatoms. The smallest absolute Gasteiger partial charge is 0.308 e. The quantitative estimate of drug-likeness (QED) is 0.346. The Kier molecular flexibility index (Phi) is 8.10. The monoisotopic (exact) mass is 382 g/mol. The standard InChI is InChI=1S/C25H34O3/c1-6-9-20(7-2)18-25(8-3,21-10-14-23(27-5)15-11-21)22-12-16-24(17-13-22)28-19(4)26/h10-17,20H,6-9,18H2,1-5H3. The summed E-state index contributed by atoms with van der Waals surface area (Å²) in [6.45, 7) is 8.25. The van der Waals surface area contributed by atoms with Crippen LogP contribution in [0.4, 0.5) is 0 Å². The van der Waals surface area contributed by atoms with E-state index < -0.39 is 0 Å². The maximum Gasteiger partial charge on any atom is 0.308 e. The van der Waals surface area contributed by atoms with Gasteiger partial charge < -0.3 is 9.47 Å². The van der Waals surface area contributed by atoms with E-state index in [0.717, 1.165) is 18.6 Å². The predicted molar refractivity (Wildman–Crippen MR) is 115 cm³/mol. The van der Waals surface area contributed by atoms with Crippen LogP contribution in [0.1, 0.15) is 70.9 Å². The van der Waals surface area contributed by atoms with Gasteiger partial charge in [0.05, 0.1) is 7.11 Å². The second kappa shape index (κ2) is 10.3. The van der Waals surface area contributed by atoms with Crippen LogP contribution in [0.5, 0.6) is 11.5 Å². The third kappa shape index (κ3) is 5.15. The lowest BCUT2D eigenvalue weighted by atomic mass is 9.66. The zero-order chi connectivity index (χ0) is 20.6. The molecule has 28 heavy (non-hydrogen) atoms. The van der Waals surface area contributed by atoms with Crippen molar-refractivity contribution in [2.45, 2.75) is 65.2 Å². The maximum absolute atomic E-state index is 11.3. The number of benzene rings is 2. The van der Waals surface area contributed by atoms with Crippen molar-refractivity contribution in [2.24, 2.45) is 5.92 Å². The van der Waals surface area contributed by atoms with E-state index >= 15 is 0 Å². The van der Waals surface area contributed by atoms with E-state index in [1.807, 2.05) is 24.3 Å². The summed E-state index contributed by atoms with van der Waals surface area (Å²) in [5.41, 5.74) is 2.51. The molecule has 0 saturated carbocycles. The van der Waals surface area contributed by atoms with Crippen LogP contribution in [0.2, 0.25) is 0 Å². The van der Waals surface area contributed by atoms with Crippen molar-refractivity contribution in [3.8, 4) is 11.5 Å². The molecular formula is C25H34O3. The molecule has 0 aromatic heterocycles.